The van der Waals surface area contributed by atoms with Crippen molar-refractivity contribution in [3.8, 4) is 6.07 Å². The van der Waals surface area contributed by atoms with Gasteiger partial charge in [0.1, 0.15) is 11.6 Å². The molecule has 7 heteroatoms. The molecule has 0 unspecified atom stereocenters. The van der Waals surface area contributed by atoms with Gasteiger partial charge in [-0.15, -0.1) is 5.10 Å². The predicted octanol–water partition coefficient (Wildman–Crippen LogP) is 0.948. The number of aromatic nitrogens is 4. The van der Waals surface area contributed by atoms with Crippen molar-refractivity contribution >= 4 is 5.82 Å². The summed E-state index contributed by atoms with van der Waals surface area (Å²) in [4.78, 5) is 0. The van der Waals surface area contributed by atoms with Crippen LogP contribution < -0.4 is 5.32 Å². The predicted molar refractivity (Wildman–Crippen MR) is 75.5 cm³/mol. The zero-order valence-electron chi connectivity index (χ0n) is 11.9. The van der Waals surface area contributed by atoms with E-state index in [-0.39, 0.29) is 12.1 Å². The maximum Gasteiger partial charge on any atom is 0.167 e. The molecule has 2 heterocycles. The van der Waals surface area contributed by atoms with Crippen LogP contribution in [0.2, 0.25) is 0 Å². The van der Waals surface area contributed by atoms with Gasteiger partial charge in [0, 0.05) is 12.4 Å². The molecule has 0 saturated heterocycles. The monoisotopic (exact) mass is 284 g/mol. The average Bonchev–Trinajstić information content (AvgIpc) is 2.95. The fourth-order valence-corrected chi connectivity index (χ4v) is 2.60. The maximum atomic E-state index is 9.95. The first-order valence-electron chi connectivity index (χ1n) is 6.79. The number of hydrogen-bond donors (Lipinski definition) is 2. The highest BCUT2D eigenvalue weighted by atomic mass is 16.3. The molecular formula is C14H16N6O. The number of nitrogens with zero attached hydrogens (tertiary/aromatic N) is 5. The van der Waals surface area contributed by atoms with E-state index in [2.05, 4.69) is 26.7 Å². The molecule has 0 amide bonds. The summed E-state index contributed by atoms with van der Waals surface area (Å²) in [5.74, 6) is 0.467. The van der Waals surface area contributed by atoms with E-state index in [1.165, 1.54) is 0 Å². The molecule has 1 aliphatic rings. The van der Waals surface area contributed by atoms with E-state index in [9.17, 15) is 10.4 Å². The van der Waals surface area contributed by atoms with E-state index in [1.54, 1.807) is 10.9 Å². The molecule has 0 bridgehead atoms. The summed E-state index contributed by atoms with van der Waals surface area (Å²) in [6.45, 7) is 3.68. The molecule has 2 aromatic rings. The zero-order valence-corrected chi connectivity index (χ0v) is 11.9. The lowest BCUT2D eigenvalue weighted by molar-refractivity contribution is 0.0133. The van der Waals surface area contributed by atoms with Gasteiger partial charge in [0.05, 0.1) is 23.9 Å². The summed E-state index contributed by atoms with van der Waals surface area (Å²) >= 11 is 0. The van der Waals surface area contributed by atoms with Gasteiger partial charge in [-0.1, -0.05) is 0 Å². The molecule has 1 fully saturated rings. The van der Waals surface area contributed by atoms with Crippen LogP contribution in [0.15, 0.2) is 18.5 Å². The van der Waals surface area contributed by atoms with Crippen LogP contribution in [0, 0.1) is 25.2 Å². The minimum Gasteiger partial charge on any atom is -0.391 e. The number of nitrogens with one attached hydrogen (secondary N) is 1. The number of anilines is 1. The van der Waals surface area contributed by atoms with Crippen LogP contribution in [-0.4, -0.2) is 37.2 Å². The second-order valence-electron chi connectivity index (χ2n) is 5.28. The highest BCUT2D eigenvalue weighted by molar-refractivity contribution is 5.56. The smallest absolute Gasteiger partial charge is 0.167 e. The Bertz CT molecular complexity index is 690. The van der Waals surface area contributed by atoms with Gasteiger partial charge in [-0.2, -0.15) is 15.5 Å². The molecule has 1 saturated carbocycles. The Labute approximate surface area is 122 Å². The molecule has 108 valence electrons. The largest absolute Gasteiger partial charge is 0.391 e. The first kappa shape index (κ1) is 13.5. The van der Waals surface area contributed by atoms with Crippen LogP contribution in [0.1, 0.15) is 29.3 Å². The fraction of sp³-hybridized carbons (Fsp3) is 0.429. The topological polar surface area (TPSA) is 99.7 Å². The van der Waals surface area contributed by atoms with Crippen molar-refractivity contribution in [3.63, 3.8) is 0 Å². The van der Waals surface area contributed by atoms with Gasteiger partial charge in [-0.3, -0.25) is 4.68 Å². The number of aliphatic hydroxyl groups is 1. The Kier molecular flexibility index (Phi) is 3.31. The van der Waals surface area contributed by atoms with Gasteiger partial charge in [-0.25, -0.2) is 0 Å². The van der Waals surface area contributed by atoms with Crippen molar-refractivity contribution < 1.29 is 5.11 Å². The minimum atomic E-state index is -0.451. The van der Waals surface area contributed by atoms with E-state index in [0.29, 0.717) is 17.8 Å². The van der Waals surface area contributed by atoms with Crippen molar-refractivity contribution in [1.29, 1.82) is 5.26 Å². The third-order valence-electron chi connectivity index (χ3n) is 4.02. The SMILES string of the molecule is Cc1nnc(N[C@H]2C[C@@H](O)[C@@H]2n2cccn2)c(C#N)c1C. The van der Waals surface area contributed by atoms with Gasteiger partial charge in [0.25, 0.3) is 0 Å². The van der Waals surface area contributed by atoms with Gasteiger partial charge in [-0.05, 0) is 31.9 Å². The maximum absolute atomic E-state index is 9.95. The quantitative estimate of drug-likeness (QED) is 0.870. The number of hydrogen-bond acceptors (Lipinski definition) is 6. The van der Waals surface area contributed by atoms with Crippen molar-refractivity contribution in [2.24, 2.45) is 0 Å². The molecule has 21 heavy (non-hydrogen) atoms. The molecule has 0 spiro atoms. The lowest BCUT2D eigenvalue weighted by Gasteiger charge is -2.42. The van der Waals surface area contributed by atoms with E-state index in [0.717, 1.165) is 11.3 Å². The Morgan fingerprint density at radius 1 is 1.43 bits per heavy atom. The number of aliphatic hydroxyl groups excluding tert-OH is 1. The highest BCUT2D eigenvalue weighted by Gasteiger charge is 2.42. The van der Waals surface area contributed by atoms with Crippen LogP contribution in [0.25, 0.3) is 0 Å². The number of rotatable bonds is 3. The Morgan fingerprint density at radius 2 is 2.24 bits per heavy atom. The van der Waals surface area contributed by atoms with Gasteiger partial charge in [0.2, 0.25) is 0 Å². The standard InChI is InChI=1S/C14H16N6O/c1-8-9(2)18-19-14(10(8)7-15)17-11-6-12(21)13(11)20-5-3-4-16-20/h3-5,11-13,21H,6H2,1-2H3,(H,17,19)/t11-,12+,13+/m0/s1. The highest BCUT2D eigenvalue weighted by Crippen LogP contribution is 2.35. The molecule has 0 radical (unpaired) electrons. The van der Waals surface area contributed by atoms with Crippen LogP contribution in [0.3, 0.4) is 0 Å². The normalized spacial score (nSPS) is 24.2. The van der Waals surface area contributed by atoms with Crippen LogP contribution in [0.5, 0.6) is 0 Å². The Hall–Kier alpha value is -2.46. The minimum absolute atomic E-state index is 0.0246. The summed E-state index contributed by atoms with van der Waals surface area (Å²) in [6, 6.07) is 3.81. The molecular weight excluding hydrogens is 268 g/mol. The summed E-state index contributed by atoms with van der Waals surface area (Å²) < 4.78 is 1.73. The summed E-state index contributed by atoms with van der Waals surface area (Å²) in [5.41, 5.74) is 2.07. The van der Waals surface area contributed by atoms with Gasteiger partial charge >= 0.3 is 0 Å². The zero-order chi connectivity index (χ0) is 15.0. The third-order valence-corrected chi connectivity index (χ3v) is 4.02. The summed E-state index contributed by atoms with van der Waals surface area (Å²) in [5, 5.41) is 34.8. The van der Waals surface area contributed by atoms with E-state index < -0.39 is 6.10 Å². The van der Waals surface area contributed by atoms with E-state index in [1.807, 2.05) is 26.1 Å². The summed E-state index contributed by atoms with van der Waals surface area (Å²) in [7, 11) is 0. The lowest BCUT2D eigenvalue weighted by Crippen LogP contribution is -2.51. The first-order valence-corrected chi connectivity index (χ1v) is 6.79. The third kappa shape index (κ3) is 2.23. The van der Waals surface area contributed by atoms with Crippen molar-refractivity contribution in [1.82, 2.24) is 20.0 Å². The second kappa shape index (κ2) is 5.14. The van der Waals surface area contributed by atoms with Crippen molar-refractivity contribution in [2.45, 2.75) is 38.5 Å². The van der Waals surface area contributed by atoms with E-state index in [4.69, 9.17) is 0 Å². The van der Waals surface area contributed by atoms with Crippen LogP contribution in [-0.2, 0) is 0 Å². The first-order chi connectivity index (χ1) is 10.1. The molecule has 2 aromatic heterocycles. The molecule has 7 nitrogen and oxygen atoms in total. The molecule has 0 aromatic carbocycles. The number of aryl methyl sites for hydroxylation is 1. The molecule has 1 aliphatic carbocycles. The Balaban J connectivity index is 1.85. The average molecular weight is 284 g/mol. The Morgan fingerprint density at radius 3 is 2.86 bits per heavy atom. The van der Waals surface area contributed by atoms with E-state index >= 15 is 0 Å². The summed E-state index contributed by atoms with van der Waals surface area (Å²) in [6.07, 6.45) is 3.63. The second-order valence-corrected chi connectivity index (χ2v) is 5.28. The molecule has 2 N–H and O–H groups in total. The fourth-order valence-electron chi connectivity index (χ4n) is 2.60. The molecule has 3 rings (SSSR count). The van der Waals surface area contributed by atoms with Gasteiger partial charge < -0.3 is 10.4 Å². The van der Waals surface area contributed by atoms with Crippen molar-refractivity contribution in [2.75, 3.05) is 5.32 Å². The van der Waals surface area contributed by atoms with Gasteiger partial charge in [0.15, 0.2) is 5.82 Å². The van der Waals surface area contributed by atoms with Crippen molar-refractivity contribution in [3.05, 3.63) is 35.3 Å². The van der Waals surface area contributed by atoms with Crippen LogP contribution in [0.4, 0.5) is 5.82 Å². The molecule has 3 atom stereocenters. The van der Waals surface area contributed by atoms with Crippen LogP contribution >= 0.6 is 0 Å². The number of nitriles is 1. The molecule has 0 aliphatic heterocycles. The lowest BCUT2D eigenvalue weighted by atomic mass is 9.83.